The zero-order valence-corrected chi connectivity index (χ0v) is 20.3. The van der Waals surface area contributed by atoms with Crippen molar-refractivity contribution in [2.75, 3.05) is 5.32 Å². The second kappa shape index (κ2) is 9.89. The molecule has 3 amide bonds. The fraction of sp³-hybridized carbons (Fsp3) is 0.739. The molecule has 1 aromatic heterocycles. The van der Waals surface area contributed by atoms with E-state index in [1.54, 1.807) is 40.1 Å². The molecule has 0 saturated heterocycles. The average Bonchev–Trinajstić information content (AvgIpc) is 3.30. The highest BCUT2D eigenvalue weighted by molar-refractivity contribution is 5.95. The minimum Gasteiger partial charge on any atom is -0.444 e. The van der Waals surface area contributed by atoms with E-state index in [0.29, 0.717) is 44.9 Å². The average molecular weight is 482 g/mol. The van der Waals surface area contributed by atoms with E-state index < -0.39 is 46.9 Å². The Hall–Kier alpha value is -2.69. The minimum absolute atomic E-state index is 0.204. The van der Waals surface area contributed by atoms with Gasteiger partial charge in [-0.15, -0.1) is 0 Å². The molecule has 1 aromatic rings. The number of amides is 3. The van der Waals surface area contributed by atoms with E-state index in [0.717, 1.165) is 0 Å². The number of alkyl carbamates (subject to hydrolysis) is 1. The lowest BCUT2D eigenvalue weighted by Crippen LogP contribution is -2.67. The van der Waals surface area contributed by atoms with Crippen LogP contribution in [-0.2, 0) is 21.4 Å². The summed E-state index contributed by atoms with van der Waals surface area (Å²) in [7, 11) is 1.69. The highest BCUT2D eigenvalue weighted by Crippen LogP contribution is 2.39. The molecule has 11 heteroatoms. The van der Waals surface area contributed by atoms with E-state index in [4.69, 9.17) is 4.74 Å². The molecule has 0 aromatic carbocycles. The van der Waals surface area contributed by atoms with Gasteiger partial charge in [0, 0.05) is 25.7 Å². The van der Waals surface area contributed by atoms with Crippen LogP contribution in [0.25, 0.3) is 0 Å². The summed E-state index contributed by atoms with van der Waals surface area (Å²) in [5.74, 6) is -1.08. The molecule has 4 N–H and O–H groups in total. The molecule has 2 saturated carbocycles. The molecular formula is C23H36FN5O5. The summed E-state index contributed by atoms with van der Waals surface area (Å²) in [6, 6.07) is 0.376. The van der Waals surface area contributed by atoms with Gasteiger partial charge in [0.25, 0.3) is 5.91 Å². The Morgan fingerprint density at radius 3 is 2.32 bits per heavy atom. The molecule has 10 nitrogen and oxygen atoms in total. The molecule has 190 valence electrons. The van der Waals surface area contributed by atoms with Crippen LogP contribution < -0.4 is 16.0 Å². The number of anilines is 1. The van der Waals surface area contributed by atoms with E-state index in [9.17, 15) is 19.5 Å². The van der Waals surface area contributed by atoms with Crippen LogP contribution in [0.4, 0.5) is 15.0 Å². The number of hydrogen-bond donors (Lipinski definition) is 4. The molecule has 2 aliphatic carbocycles. The van der Waals surface area contributed by atoms with Crippen molar-refractivity contribution >= 4 is 23.7 Å². The first-order valence-electron chi connectivity index (χ1n) is 11.8. The number of hydrogen-bond acceptors (Lipinski definition) is 6. The molecule has 3 rings (SSSR count). The van der Waals surface area contributed by atoms with Crippen molar-refractivity contribution in [3.8, 4) is 0 Å². The lowest BCUT2D eigenvalue weighted by molar-refractivity contribution is -0.137. The van der Waals surface area contributed by atoms with Crippen LogP contribution >= 0.6 is 0 Å². The Bertz CT molecular complexity index is 902. The number of ether oxygens (including phenoxy) is 1. The molecule has 2 atom stereocenters. The van der Waals surface area contributed by atoms with Gasteiger partial charge < -0.3 is 25.8 Å². The van der Waals surface area contributed by atoms with Crippen molar-refractivity contribution in [2.45, 2.75) is 101 Å². The smallest absolute Gasteiger partial charge is 0.408 e. The van der Waals surface area contributed by atoms with Crippen molar-refractivity contribution in [3.05, 3.63) is 12.3 Å². The number of halogens is 1. The Balaban J connectivity index is 1.71. The van der Waals surface area contributed by atoms with Crippen molar-refractivity contribution in [3.63, 3.8) is 0 Å². The van der Waals surface area contributed by atoms with E-state index in [-0.39, 0.29) is 12.2 Å². The predicted octanol–water partition coefficient (Wildman–Crippen LogP) is 2.32. The van der Waals surface area contributed by atoms with Crippen molar-refractivity contribution in [1.82, 2.24) is 20.4 Å². The van der Waals surface area contributed by atoms with Crippen LogP contribution in [0.15, 0.2) is 12.3 Å². The van der Waals surface area contributed by atoms with Gasteiger partial charge in [-0.3, -0.25) is 14.3 Å². The molecule has 0 radical (unpaired) electrons. The fourth-order valence-electron chi connectivity index (χ4n) is 4.52. The van der Waals surface area contributed by atoms with Gasteiger partial charge in [0.1, 0.15) is 17.3 Å². The van der Waals surface area contributed by atoms with Crippen LogP contribution in [-0.4, -0.2) is 61.7 Å². The Morgan fingerprint density at radius 1 is 1.18 bits per heavy atom. The van der Waals surface area contributed by atoms with Gasteiger partial charge in [0.2, 0.25) is 5.91 Å². The van der Waals surface area contributed by atoms with Crippen molar-refractivity contribution in [1.29, 1.82) is 0 Å². The number of nitrogens with one attached hydrogen (secondary N) is 3. The van der Waals surface area contributed by atoms with Gasteiger partial charge >= 0.3 is 6.09 Å². The number of rotatable bonds is 8. The zero-order valence-electron chi connectivity index (χ0n) is 20.3. The van der Waals surface area contributed by atoms with Gasteiger partial charge in [-0.2, -0.15) is 5.10 Å². The van der Waals surface area contributed by atoms with Crippen LogP contribution in [0.1, 0.15) is 72.1 Å². The summed E-state index contributed by atoms with van der Waals surface area (Å²) in [4.78, 5) is 38.3. The quantitative estimate of drug-likeness (QED) is 0.450. The molecule has 0 bridgehead atoms. The van der Waals surface area contributed by atoms with Gasteiger partial charge in [0.05, 0.1) is 5.54 Å². The normalized spacial score (nSPS) is 20.5. The van der Waals surface area contributed by atoms with Gasteiger partial charge in [-0.05, 0) is 52.9 Å². The number of aliphatic hydroxyl groups is 1. The van der Waals surface area contributed by atoms with E-state index >= 15 is 4.39 Å². The third-order valence-electron chi connectivity index (χ3n) is 6.43. The van der Waals surface area contributed by atoms with E-state index in [1.807, 2.05) is 0 Å². The number of carbonyl (C=O) groups is 3. The topological polar surface area (TPSA) is 135 Å². The monoisotopic (exact) mass is 481 g/mol. The van der Waals surface area contributed by atoms with Crippen LogP contribution in [0.2, 0.25) is 0 Å². The summed E-state index contributed by atoms with van der Waals surface area (Å²) in [6.45, 7) is 5.07. The maximum absolute atomic E-state index is 15.3. The number of aliphatic hydroxyl groups excluding tert-OH is 1. The number of alkyl halides is 1. The molecule has 34 heavy (non-hydrogen) atoms. The fourth-order valence-corrected chi connectivity index (χ4v) is 4.52. The first-order valence-corrected chi connectivity index (χ1v) is 11.8. The molecule has 0 aliphatic heterocycles. The summed E-state index contributed by atoms with van der Waals surface area (Å²) < 4.78 is 22.0. The Labute approximate surface area is 199 Å². The maximum atomic E-state index is 15.3. The zero-order chi connectivity index (χ0) is 25.1. The summed E-state index contributed by atoms with van der Waals surface area (Å²) >= 11 is 0. The van der Waals surface area contributed by atoms with Gasteiger partial charge in [-0.25, -0.2) is 9.18 Å². The predicted molar refractivity (Wildman–Crippen MR) is 123 cm³/mol. The molecule has 1 unspecified atom stereocenters. The molecule has 2 aliphatic rings. The Morgan fingerprint density at radius 2 is 1.82 bits per heavy atom. The van der Waals surface area contributed by atoms with Crippen molar-refractivity contribution in [2.24, 2.45) is 7.05 Å². The van der Waals surface area contributed by atoms with Crippen LogP contribution in [0.5, 0.6) is 0 Å². The standard InChI is InChI=1S/C23H36FN5O5/c1-21(2,3)34-20(33)25-15(14-22(24)9-5-6-10-22)18(31)27-23(11-7-12-23)17(30)19(32)26-16-8-13-29(4)28-16/h8,13,15,17,30H,5-7,9-12,14H2,1-4H3,(H,25,33)(H,27,31)(H,26,28,32)/t15-,17?/m0/s1. The summed E-state index contributed by atoms with van der Waals surface area (Å²) in [5.41, 5.74) is -3.57. The second-order valence-corrected chi connectivity index (χ2v) is 10.5. The third kappa shape index (κ3) is 6.46. The van der Waals surface area contributed by atoms with E-state index in [1.165, 1.54) is 4.68 Å². The van der Waals surface area contributed by atoms with Gasteiger partial charge in [-0.1, -0.05) is 12.8 Å². The first kappa shape index (κ1) is 25.9. The largest absolute Gasteiger partial charge is 0.444 e. The van der Waals surface area contributed by atoms with Crippen LogP contribution in [0, 0.1) is 0 Å². The van der Waals surface area contributed by atoms with Crippen LogP contribution in [0.3, 0.4) is 0 Å². The number of aromatic nitrogens is 2. The first-order chi connectivity index (χ1) is 15.8. The molecular weight excluding hydrogens is 445 g/mol. The van der Waals surface area contributed by atoms with E-state index in [2.05, 4.69) is 21.0 Å². The van der Waals surface area contributed by atoms with Gasteiger partial charge in [0.15, 0.2) is 11.9 Å². The summed E-state index contributed by atoms with van der Waals surface area (Å²) in [6.07, 6.45) is 2.57. The summed E-state index contributed by atoms with van der Waals surface area (Å²) in [5, 5.41) is 22.7. The maximum Gasteiger partial charge on any atom is 0.408 e. The SMILES string of the molecule is Cn1ccc(NC(=O)C(O)C2(NC(=O)[C@H](CC3(F)CCCC3)NC(=O)OC(C)(C)C)CCC2)n1. The Kier molecular flexibility index (Phi) is 7.54. The van der Waals surface area contributed by atoms with Crippen molar-refractivity contribution < 1.29 is 28.6 Å². The lowest BCUT2D eigenvalue weighted by Gasteiger charge is -2.45. The number of carbonyl (C=O) groups excluding carboxylic acids is 3. The second-order valence-electron chi connectivity index (χ2n) is 10.5. The number of aryl methyl sites for hydroxylation is 1. The molecule has 0 spiro atoms. The number of nitrogens with zero attached hydrogens (tertiary/aromatic N) is 2. The highest BCUT2D eigenvalue weighted by atomic mass is 19.1. The highest BCUT2D eigenvalue weighted by Gasteiger charge is 2.50. The molecule has 1 heterocycles. The minimum atomic E-state index is -1.57. The lowest BCUT2D eigenvalue weighted by atomic mass is 9.72. The third-order valence-corrected chi connectivity index (χ3v) is 6.43. The molecule has 2 fully saturated rings.